The molecule has 0 aliphatic heterocycles. The van der Waals surface area contributed by atoms with Crippen molar-refractivity contribution in [3.8, 4) is 0 Å². The number of rotatable bonds is 8. The summed E-state index contributed by atoms with van der Waals surface area (Å²) in [7, 11) is 3.43. The number of hydrogen-bond acceptors (Lipinski definition) is 3. The fraction of sp³-hybridized carbons (Fsp3) is 0.571. The summed E-state index contributed by atoms with van der Waals surface area (Å²) in [5.41, 5.74) is 2.24. The number of alkyl halides is 1. The standard InChI is InChI=1S/C14H21BrClNO2/c1-11(10-19-3)17(6-7-18-2)14-5-4-12(9-16)8-13(14)15/h4-5,8,11H,6-7,9-10H2,1-3H3. The molecule has 0 aliphatic carbocycles. The molecule has 1 unspecified atom stereocenters. The molecule has 0 fully saturated rings. The SMILES string of the molecule is COCCN(c1ccc(CCl)cc1Br)C(C)COC. The predicted molar refractivity (Wildman–Crippen MR) is 84.3 cm³/mol. The zero-order valence-corrected chi connectivity index (χ0v) is 14.0. The van der Waals surface area contributed by atoms with Crippen LogP contribution in [0.4, 0.5) is 5.69 Å². The number of methoxy groups -OCH3 is 2. The Morgan fingerprint density at radius 2 is 2.05 bits per heavy atom. The van der Waals surface area contributed by atoms with Crippen LogP contribution >= 0.6 is 27.5 Å². The zero-order chi connectivity index (χ0) is 14.3. The number of benzene rings is 1. The van der Waals surface area contributed by atoms with Gasteiger partial charge >= 0.3 is 0 Å². The third-order valence-electron chi connectivity index (χ3n) is 2.95. The van der Waals surface area contributed by atoms with Crippen LogP contribution in [0.1, 0.15) is 12.5 Å². The molecule has 0 saturated heterocycles. The molecule has 0 heterocycles. The summed E-state index contributed by atoms with van der Waals surface area (Å²) in [6, 6.07) is 6.47. The van der Waals surface area contributed by atoms with Crippen molar-refractivity contribution < 1.29 is 9.47 Å². The Morgan fingerprint density at radius 1 is 1.32 bits per heavy atom. The van der Waals surface area contributed by atoms with Gasteiger partial charge in [0.2, 0.25) is 0 Å². The molecule has 0 aromatic heterocycles. The minimum absolute atomic E-state index is 0.276. The zero-order valence-electron chi connectivity index (χ0n) is 11.7. The van der Waals surface area contributed by atoms with Gasteiger partial charge in [-0.1, -0.05) is 6.07 Å². The van der Waals surface area contributed by atoms with E-state index in [2.05, 4.69) is 39.9 Å². The monoisotopic (exact) mass is 349 g/mol. The van der Waals surface area contributed by atoms with Gasteiger partial charge in [-0.25, -0.2) is 0 Å². The van der Waals surface area contributed by atoms with E-state index in [1.807, 2.05) is 6.07 Å². The van der Waals surface area contributed by atoms with E-state index in [0.29, 0.717) is 19.1 Å². The minimum Gasteiger partial charge on any atom is -0.383 e. The highest BCUT2D eigenvalue weighted by Crippen LogP contribution is 2.29. The molecule has 1 rings (SSSR count). The molecule has 0 N–H and O–H groups in total. The Balaban J connectivity index is 2.95. The van der Waals surface area contributed by atoms with Gasteiger partial charge in [0.25, 0.3) is 0 Å². The molecule has 0 radical (unpaired) electrons. The predicted octanol–water partition coefficient (Wildman–Crippen LogP) is 3.68. The van der Waals surface area contributed by atoms with Crippen LogP contribution in [-0.2, 0) is 15.4 Å². The Labute approximate surface area is 129 Å². The van der Waals surface area contributed by atoms with Crippen molar-refractivity contribution in [2.45, 2.75) is 18.8 Å². The average Bonchev–Trinajstić information content (AvgIpc) is 2.40. The lowest BCUT2D eigenvalue weighted by atomic mass is 10.2. The summed E-state index contributed by atoms with van der Waals surface area (Å²) in [6.07, 6.45) is 0. The molecule has 5 heteroatoms. The number of nitrogens with zero attached hydrogens (tertiary/aromatic N) is 1. The number of hydrogen-bond donors (Lipinski definition) is 0. The Morgan fingerprint density at radius 3 is 2.58 bits per heavy atom. The maximum Gasteiger partial charge on any atom is 0.0663 e. The van der Waals surface area contributed by atoms with E-state index in [-0.39, 0.29) is 6.04 Å². The van der Waals surface area contributed by atoms with Gasteiger partial charge in [-0.3, -0.25) is 0 Å². The molecule has 0 aliphatic rings. The molecule has 1 atom stereocenters. The topological polar surface area (TPSA) is 21.7 Å². The highest BCUT2D eigenvalue weighted by atomic mass is 79.9. The second-order valence-electron chi connectivity index (χ2n) is 4.41. The van der Waals surface area contributed by atoms with E-state index in [4.69, 9.17) is 21.1 Å². The van der Waals surface area contributed by atoms with Crippen molar-refractivity contribution in [2.24, 2.45) is 0 Å². The minimum atomic E-state index is 0.276. The maximum absolute atomic E-state index is 5.85. The normalized spacial score (nSPS) is 12.5. The fourth-order valence-electron chi connectivity index (χ4n) is 1.97. The van der Waals surface area contributed by atoms with Crippen LogP contribution in [0.3, 0.4) is 0 Å². The third kappa shape index (κ3) is 4.95. The van der Waals surface area contributed by atoms with Crippen molar-refractivity contribution in [2.75, 3.05) is 38.9 Å². The van der Waals surface area contributed by atoms with Gasteiger partial charge in [0.05, 0.1) is 18.9 Å². The lowest BCUT2D eigenvalue weighted by Crippen LogP contribution is -2.38. The van der Waals surface area contributed by atoms with Crippen molar-refractivity contribution in [3.63, 3.8) is 0 Å². The first-order chi connectivity index (χ1) is 9.13. The Bertz CT molecular complexity index is 390. The summed E-state index contributed by atoms with van der Waals surface area (Å²) >= 11 is 9.47. The van der Waals surface area contributed by atoms with Crippen LogP contribution in [0.5, 0.6) is 0 Å². The van der Waals surface area contributed by atoms with Crippen molar-refractivity contribution in [1.29, 1.82) is 0 Å². The second kappa shape index (κ2) is 8.80. The lowest BCUT2D eigenvalue weighted by molar-refractivity contribution is 0.171. The molecule has 19 heavy (non-hydrogen) atoms. The van der Waals surface area contributed by atoms with Crippen LogP contribution in [0.25, 0.3) is 0 Å². The summed E-state index contributed by atoms with van der Waals surface area (Å²) in [6.45, 7) is 4.31. The molecule has 0 amide bonds. The number of ether oxygens (including phenoxy) is 2. The second-order valence-corrected chi connectivity index (χ2v) is 5.53. The molecule has 3 nitrogen and oxygen atoms in total. The smallest absolute Gasteiger partial charge is 0.0663 e. The Kier molecular flexibility index (Phi) is 7.76. The molecule has 0 saturated carbocycles. The molecule has 0 bridgehead atoms. The van der Waals surface area contributed by atoms with Crippen LogP contribution in [0, 0.1) is 0 Å². The van der Waals surface area contributed by atoms with E-state index in [0.717, 1.165) is 22.3 Å². The van der Waals surface area contributed by atoms with Gasteiger partial charge in [0.15, 0.2) is 0 Å². The fourth-order valence-corrected chi connectivity index (χ4v) is 2.79. The van der Waals surface area contributed by atoms with Crippen molar-refractivity contribution in [1.82, 2.24) is 0 Å². The van der Waals surface area contributed by atoms with Crippen molar-refractivity contribution >= 4 is 33.2 Å². The van der Waals surface area contributed by atoms with E-state index in [9.17, 15) is 0 Å². The maximum atomic E-state index is 5.85. The van der Waals surface area contributed by atoms with E-state index >= 15 is 0 Å². The molecule has 108 valence electrons. The van der Waals surface area contributed by atoms with E-state index < -0.39 is 0 Å². The van der Waals surface area contributed by atoms with Crippen LogP contribution in [-0.4, -0.2) is 40.0 Å². The molecular formula is C14H21BrClNO2. The third-order valence-corrected chi connectivity index (χ3v) is 3.90. The van der Waals surface area contributed by atoms with Gasteiger partial charge in [0.1, 0.15) is 0 Å². The molecular weight excluding hydrogens is 330 g/mol. The van der Waals surface area contributed by atoms with Gasteiger partial charge in [-0.15, -0.1) is 11.6 Å². The number of anilines is 1. The first-order valence-electron chi connectivity index (χ1n) is 6.23. The lowest BCUT2D eigenvalue weighted by Gasteiger charge is -2.31. The van der Waals surface area contributed by atoms with Gasteiger partial charge in [-0.2, -0.15) is 0 Å². The first kappa shape index (κ1) is 16.8. The number of halogens is 2. The van der Waals surface area contributed by atoms with Gasteiger partial charge in [-0.05, 0) is 40.5 Å². The molecule has 1 aromatic rings. The molecule has 1 aromatic carbocycles. The molecule has 0 spiro atoms. The quantitative estimate of drug-likeness (QED) is 0.668. The summed E-state index contributed by atoms with van der Waals surface area (Å²) in [4.78, 5) is 2.27. The summed E-state index contributed by atoms with van der Waals surface area (Å²) in [5, 5.41) is 0. The summed E-state index contributed by atoms with van der Waals surface area (Å²) < 4.78 is 11.5. The van der Waals surface area contributed by atoms with Gasteiger partial charge in [0, 0.05) is 37.2 Å². The van der Waals surface area contributed by atoms with Crippen LogP contribution in [0.2, 0.25) is 0 Å². The van der Waals surface area contributed by atoms with Crippen LogP contribution < -0.4 is 4.90 Å². The first-order valence-corrected chi connectivity index (χ1v) is 7.55. The van der Waals surface area contributed by atoms with E-state index in [1.165, 1.54) is 0 Å². The van der Waals surface area contributed by atoms with Crippen LogP contribution in [0.15, 0.2) is 22.7 Å². The Hall–Kier alpha value is -0.290. The largest absolute Gasteiger partial charge is 0.383 e. The highest BCUT2D eigenvalue weighted by molar-refractivity contribution is 9.10. The van der Waals surface area contributed by atoms with Crippen molar-refractivity contribution in [3.05, 3.63) is 28.2 Å². The average molecular weight is 351 g/mol. The van der Waals surface area contributed by atoms with Gasteiger partial charge < -0.3 is 14.4 Å². The van der Waals surface area contributed by atoms with E-state index in [1.54, 1.807) is 14.2 Å². The highest BCUT2D eigenvalue weighted by Gasteiger charge is 2.16. The summed E-state index contributed by atoms with van der Waals surface area (Å²) in [5.74, 6) is 0.518.